The average molecular weight is 190 g/mol. The van der Waals surface area contributed by atoms with Gasteiger partial charge in [0.2, 0.25) is 0 Å². The number of nitrogen functional groups attached to an aromatic ring is 2. The molecule has 0 fully saturated rings. The first-order chi connectivity index (χ1) is 6.66. The molecular weight excluding hydrogens is 176 g/mol. The van der Waals surface area contributed by atoms with E-state index >= 15 is 0 Å². The second-order valence-electron chi connectivity index (χ2n) is 3.58. The highest BCUT2D eigenvalue weighted by molar-refractivity contribution is 6.01. The summed E-state index contributed by atoms with van der Waals surface area (Å²) in [6.45, 7) is 2.91. The van der Waals surface area contributed by atoms with Crippen LogP contribution in [0.3, 0.4) is 0 Å². The summed E-state index contributed by atoms with van der Waals surface area (Å²) in [6.07, 6.45) is 0. The monoisotopic (exact) mass is 190 g/mol. The van der Waals surface area contributed by atoms with E-state index in [0.717, 1.165) is 17.9 Å². The van der Waals surface area contributed by atoms with E-state index in [1.54, 1.807) is 6.07 Å². The van der Waals surface area contributed by atoms with Crippen LogP contribution in [0.2, 0.25) is 0 Å². The molecule has 0 aromatic heterocycles. The Bertz CT molecular complexity index is 384. The maximum absolute atomic E-state index is 5.72. The van der Waals surface area contributed by atoms with Gasteiger partial charge in [0.05, 0.1) is 17.9 Å². The van der Waals surface area contributed by atoms with Crippen LogP contribution in [0.25, 0.3) is 0 Å². The minimum Gasteiger partial charge on any atom is -0.397 e. The Kier molecular flexibility index (Phi) is 2.04. The number of hydrogen-bond donors (Lipinski definition) is 3. The summed E-state index contributed by atoms with van der Waals surface area (Å²) in [5.41, 5.74) is 13.6. The Morgan fingerprint density at radius 3 is 2.71 bits per heavy atom. The quantitative estimate of drug-likeness (QED) is 0.567. The summed E-state index contributed by atoms with van der Waals surface area (Å²) in [4.78, 5) is 4.37. The highest BCUT2D eigenvalue weighted by atomic mass is 15.1. The molecule has 0 saturated carbocycles. The van der Waals surface area contributed by atoms with E-state index in [0.29, 0.717) is 17.4 Å². The summed E-state index contributed by atoms with van der Waals surface area (Å²) in [6, 6.07) is 5.98. The first-order valence-corrected chi connectivity index (χ1v) is 4.63. The molecule has 0 spiro atoms. The summed E-state index contributed by atoms with van der Waals surface area (Å²) < 4.78 is 0. The van der Waals surface area contributed by atoms with Crippen molar-refractivity contribution in [2.45, 2.75) is 13.0 Å². The van der Waals surface area contributed by atoms with Crippen LogP contribution in [0.1, 0.15) is 12.5 Å². The highest BCUT2D eigenvalue weighted by Gasteiger charge is 2.14. The van der Waals surface area contributed by atoms with E-state index in [-0.39, 0.29) is 0 Å². The number of nitrogens with two attached hydrogens (primary N) is 2. The maximum atomic E-state index is 5.72. The first kappa shape index (κ1) is 8.87. The van der Waals surface area contributed by atoms with E-state index in [2.05, 4.69) is 17.2 Å². The summed E-state index contributed by atoms with van der Waals surface area (Å²) in [7, 11) is 0. The van der Waals surface area contributed by atoms with Crippen molar-refractivity contribution in [3.05, 3.63) is 23.8 Å². The zero-order valence-electron chi connectivity index (χ0n) is 8.12. The normalized spacial score (nSPS) is 20.4. The van der Waals surface area contributed by atoms with Gasteiger partial charge in [-0.2, -0.15) is 0 Å². The van der Waals surface area contributed by atoms with Gasteiger partial charge >= 0.3 is 0 Å². The van der Waals surface area contributed by atoms with E-state index in [1.807, 2.05) is 12.1 Å². The van der Waals surface area contributed by atoms with E-state index < -0.39 is 0 Å². The Labute approximate surface area is 83.0 Å². The third-order valence-electron chi connectivity index (χ3n) is 2.27. The Morgan fingerprint density at radius 1 is 1.36 bits per heavy atom. The Hall–Kier alpha value is -1.71. The smallest absolute Gasteiger partial charge is 0.128 e. The fourth-order valence-corrected chi connectivity index (χ4v) is 1.45. The van der Waals surface area contributed by atoms with Gasteiger partial charge in [0.25, 0.3) is 0 Å². The number of aliphatic imine (C=N–C) groups is 1. The number of rotatable bonds is 1. The van der Waals surface area contributed by atoms with Crippen LogP contribution in [0.15, 0.2) is 23.2 Å². The van der Waals surface area contributed by atoms with Crippen LogP contribution in [0.4, 0.5) is 11.4 Å². The van der Waals surface area contributed by atoms with E-state index in [4.69, 9.17) is 11.5 Å². The third kappa shape index (κ3) is 1.51. The van der Waals surface area contributed by atoms with Gasteiger partial charge in [-0.25, -0.2) is 0 Å². The number of hydrogen-bond acceptors (Lipinski definition) is 4. The molecule has 0 radical (unpaired) electrons. The molecule has 1 heterocycles. The molecule has 1 aromatic carbocycles. The number of nitrogens with zero attached hydrogens (tertiary/aromatic N) is 1. The molecule has 1 aliphatic heterocycles. The second-order valence-corrected chi connectivity index (χ2v) is 3.58. The predicted molar refractivity (Wildman–Crippen MR) is 59.3 cm³/mol. The van der Waals surface area contributed by atoms with E-state index in [1.165, 1.54) is 0 Å². The predicted octanol–water partition coefficient (Wildman–Crippen LogP) is 0.589. The van der Waals surface area contributed by atoms with Crippen LogP contribution >= 0.6 is 0 Å². The lowest BCUT2D eigenvalue weighted by molar-refractivity contribution is 0.726. The van der Waals surface area contributed by atoms with Gasteiger partial charge in [0.15, 0.2) is 0 Å². The van der Waals surface area contributed by atoms with Crippen LogP contribution in [0.5, 0.6) is 0 Å². The van der Waals surface area contributed by atoms with Gasteiger partial charge < -0.3 is 16.8 Å². The van der Waals surface area contributed by atoms with Crippen LogP contribution in [-0.4, -0.2) is 18.4 Å². The minimum absolute atomic E-state index is 0.406. The fraction of sp³-hybridized carbons (Fsp3) is 0.300. The van der Waals surface area contributed by atoms with Crippen LogP contribution in [0, 0.1) is 0 Å². The van der Waals surface area contributed by atoms with Crippen molar-refractivity contribution in [3.8, 4) is 0 Å². The molecule has 1 aromatic rings. The Balaban J connectivity index is 2.30. The topological polar surface area (TPSA) is 76.4 Å². The molecule has 0 bridgehead atoms. The third-order valence-corrected chi connectivity index (χ3v) is 2.27. The molecule has 4 nitrogen and oxygen atoms in total. The van der Waals surface area contributed by atoms with Crippen LogP contribution < -0.4 is 16.8 Å². The fourth-order valence-electron chi connectivity index (χ4n) is 1.45. The molecule has 1 atom stereocenters. The lowest BCUT2D eigenvalue weighted by Gasteiger charge is -2.07. The summed E-state index contributed by atoms with van der Waals surface area (Å²) in [5, 5.41) is 3.27. The molecule has 0 aliphatic carbocycles. The minimum atomic E-state index is 0.406. The zero-order valence-corrected chi connectivity index (χ0v) is 8.12. The molecule has 5 N–H and O–H groups in total. The van der Waals surface area contributed by atoms with Gasteiger partial charge in [0, 0.05) is 11.6 Å². The molecule has 1 aliphatic rings. The Morgan fingerprint density at radius 2 is 2.14 bits per heavy atom. The van der Waals surface area contributed by atoms with E-state index in [9.17, 15) is 0 Å². The van der Waals surface area contributed by atoms with Crippen LogP contribution in [-0.2, 0) is 0 Å². The van der Waals surface area contributed by atoms with Gasteiger partial charge in [-0.3, -0.25) is 4.99 Å². The number of nitrogens with one attached hydrogen (secondary N) is 1. The van der Waals surface area contributed by atoms with Crippen molar-refractivity contribution >= 4 is 17.2 Å². The standard InChI is InChI=1S/C10H14N4/c1-6-5-13-10(14-6)7-2-3-8(11)9(12)4-7/h2-4,6H,5,11-12H2,1H3,(H,13,14)/t6-/m0/s1. The van der Waals surface area contributed by atoms with Gasteiger partial charge in [0.1, 0.15) is 5.84 Å². The van der Waals surface area contributed by atoms with Gasteiger partial charge in [-0.1, -0.05) is 0 Å². The maximum Gasteiger partial charge on any atom is 0.128 e. The van der Waals surface area contributed by atoms with Crippen molar-refractivity contribution in [2.75, 3.05) is 18.0 Å². The van der Waals surface area contributed by atoms with Crippen molar-refractivity contribution in [2.24, 2.45) is 4.99 Å². The van der Waals surface area contributed by atoms with Gasteiger partial charge in [-0.15, -0.1) is 0 Å². The second kappa shape index (κ2) is 3.21. The first-order valence-electron chi connectivity index (χ1n) is 4.63. The van der Waals surface area contributed by atoms with Gasteiger partial charge in [-0.05, 0) is 25.1 Å². The lowest BCUT2D eigenvalue weighted by atomic mass is 10.1. The summed E-state index contributed by atoms with van der Waals surface area (Å²) in [5.74, 6) is 0.907. The van der Waals surface area contributed by atoms with Crippen molar-refractivity contribution < 1.29 is 0 Å². The SMILES string of the molecule is C[C@H]1CN=C(c2ccc(N)c(N)c2)N1. The largest absolute Gasteiger partial charge is 0.397 e. The number of benzene rings is 1. The molecule has 4 heteroatoms. The molecule has 74 valence electrons. The molecular formula is C10H14N4. The molecule has 0 saturated heterocycles. The zero-order chi connectivity index (χ0) is 10.1. The molecule has 0 unspecified atom stereocenters. The highest BCUT2D eigenvalue weighted by Crippen LogP contribution is 2.17. The molecule has 0 amide bonds. The van der Waals surface area contributed by atoms with Crippen molar-refractivity contribution in [3.63, 3.8) is 0 Å². The van der Waals surface area contributed by atoms with Crippen molar-refractivity contribution in [1.82, 2.24) is 5.32 Å². The molecule has 14 heavy (non-hydrogen) atoms. The number of amidine groups is 1. The summed E-state index contributed by atoms with van der Waals surface area (Å²) >= 11 is 0. The van der Waals surface area contributed by atoms with Crippen molar-refractivity contribution in [1.29, 1.82) is 0 Å². The average Bonchev–Trinajstić information content (AvgIpc) is 2.57. The number of anilines is 2. The molecule has 2 rings (SSSR count). The lowest BCUT2D eigenvalue weighted by Crippen LogP contribution is -2.27.